The number of ether oxygens (including phenoxy) is 1. The highest BCUT2D eigenvalue weighted by atomic mass is 16.5. The number of aromatic nitrogens is 1. The molecule has 0 unspecified atom stereocenters. The van der Waals surface area contributed by atoms with Crippen molar-refractivity contribution in [3.05, 3.63) is 59.3 Å². The number of aliphatic hydroxyl groups excluding tert-OH is 1. The van der Waals surface area contributed by atoms with Gasteiger partial charge in [-0.3, -0.25) is 9.69 Å². The molecule has 0 amide bonds. The molecule has 5 nitrogen and oxygen atoms in total. The van der Waals surface area contributed by atoms with Gasteiger partial charge in [0.15, 0.2) is 5.78 Å². The van der Waals surface area contributed by atoms with Gasteiger partial charge in [0.25, 0.3) is 0 Å². The fourth-order valence-corrected chi connectivity index (χ4v) is 4.90. The van der Waals surface area contributed by atoms with E-state index in [0.29, 0.717) is 23.9 Å². The maximum absolute atomic E-state index is 12.5. The number of aryl methyl sites for hydroxylation is 1. The molecular formula is C27H34N2O3. The Morgan fingerprint density at radius 3 is 2.59 bits per heavy atom. The normalized spacial score (nSPS) is 18.1. The highest BCUT2D eigenvalue weighted by Gasteiger charge is 2.22. The first kappa shape index (κ1) is 22.6. The van der Waals surface area contributed by atoms with E-state index in [4.69, 9.17) is 4.74 Å². The first-order valence-corrected chi connectivity index (χ1v) is 11.6. The van der Waals surface area contributed by atoms with E-state index in [1.165, 1.54) is 24.8 Å². The van der Waals surface area contributed by atoms with Crippen molar-refractivity contribution in [1.29, 1.82) is 0 Å². The molecule has 0 bridgehead atoms. The lowest BCUT2D eigenvalue weighted by molar-refractivity contribution is 0.0438. The van der Waals surface area contributed by atoms with Crippen LogP contribution in [0.2, 0.25) is 0 Å². The molecule has 2 aromatic carbocycles. The molecule has 0 aliphatic carbocycles. The van der Waals surface area contributed by atoms with Crippen LogP contribution in [0.3, 0.4) is 0 Å². The van der Waals surface area contributed by atoms with E-state index in [1.54, 1.807) is 6.92 Å². The van der Waals surface area contributed by atoms with Gasteiger partial charge in [-0.15, -0.1) is 0 Å². The van der Waals surface area contributed by atoms with Gasteiger partial charge in [0.1, 0.15) is 18.5 Å². The third-order valence-electron chi connectivity index (χ3n) is 6.65. The minimum absolute atomic E-state index is 0.0367. The van der Waals surface area contributed by atoms with Crippen LogP contribution in [0, 0.1) is 13.8 Å². The van der Waals surface area contributed by atoms with Crippen molar-refractivity contribution in [1.82, 2.24) is 9.47 Å². The Bertz CT molecular complexity index is 1100. The molecule has 1 aliphatic rings. The molecule has 1 fully saturated rings. The number of hydrogen-bond donors (Lipinski definition) is 1. The predicted molar refractivity (Wildman–Crippen MR) is 129 cm³/mol. The number of aliphatic hydroxyl groups is 1. The van der Waals surface area contributed by atoms with Gasteiger partial charge >= 0.3 is 0 Å². The van der Waals surface area contributed by atoms with Crippen molar-refractivity contribution in [2.24, 2.45) is 0 Å². The van der Waals surface area contributed by atoms with E-state index >= 15 is 0 Å². The zero-order valence-electron chi connectivity index (χ0n) is 19.6. The smallest absolute Gasteiger partial charge is 0.162 e. The summed E-state index contributed by atoms with van der Waals surface area (Å²) in [6, 6.07) is 14.7. The summed E-state index contributed by atoms with van der Waals surface area (Å²) >= 11 is 0. The van der Waals surface area contributed by atoms with E-state index in [1.807, 2.05) is 25.1 Å². The van der Waals surface area contributed by atoms with Crippen LogP contribution in [0.5, 0.6) is 5.75 Å². The summed E-state index contributed by atoms with van der Waals surface area (Å²) in [6.07, 6.45) is 3.11. The molecule has 32 heavy (non-hydrogen) atoms. The van der Waals surface area contributed by atoms with Gasteiger partial charge in [0.05, 0.1) is 5.52 Å². The van der Waals surface area contributed by atoms with E-state index < -0.39 is 6.10 Å². The molecule has 1 N–H and O–H groups in total. The number of carbonyl (C=O) groups excluding carboxylic acids is 1. The molecular weight excluding hydrogens is 400 g/mol. The number of likely N-dealkylation sites (tertiary alicyclic amines) is 1. The second-order valence-corrected chi connectivity index (χ2v) is 9.17. The number of nitrogens with zero attached hydrogens (tertiary/aromatic N) is 2. The van der Waals surface area contributed by atoms with Crippen LogP contribution in [0.4, 0.5) is 0 Å². The Labute approximate surface area is 190 Å². The van der Waals surface area contributed by atoms with E-state index in [2.05, 4.69) is 47.6 Å². The van der Waals surface area contributed by atoms with Gasteiger partial charge in [-0.2, -0.15) is 0 Å². The molecule has 0 spiro atoms. The van der Waals surface area contributed by atoms with Crippen molar-refractivity contribution < 1.29 is 14.6 Å². The zero-order chi connectivity index (χ0) is 22.8. The molecule has 4 rings (SSSR count). The lowest BCUT2D eigenvalue weighted by Gasteiger charge is -2.34. The number of fused-ring (bicyclic) bond motifs is 1. The molecule has 2 atom stereocenters. The molecule has 1 aliphatic heterocycles. The number of benzene rings is 2. The number of Topliss-reactive ketones (excluding diaryl/α,β-unsaturated/α-hetero) is 1. The fraction of sp³-hybridized carbons (Fsp3) is 0.444. The highest BCUT2D eigenvalue weighted by molar-refractivity contribution is 6.09. The van der Waals surface area contributed by atoms with Gasteiger partial charge in [-0.05, 0) is 77.4 Å². The van der Waals surface area contributed by atoms with E-state index in [-0.39, 0.29) is 12.4 Å². The second kappa shape index (κ2) is 9.47. The summed E-state index contributed by atoms with van der Waals surface area (Å²) in [7, 11) is 0. The van der Waals surface area contributed by atoms with Crippen molar-refractivity contribution in [3.63, 3.8) is 0 Å². The predicted octanol–water partition coefficient (Wildman–Crippen LogP) is 5.06. The molecule has 2 heterocycles. The van der Waals surface area contributed by atoms with Crippen molar-refractivity contribution in [3.8, 4) is 11.4 Å². The Morgan fingerprint density at radius 2 is 1.91 bits per heavy atom. The summed E-state index contributed by atoms with van der Waals surface area (Å²) in [4.78, 5) is 14.9. The van der Waals surface area contributed by atoms with Crippen LogP contribution in [-0.4, -0.2) is 52.2 Å². The molecule has 3 aromatic rings. The Hall–Kier alpha value is -2.63. The lowest BCUT2D eigenvalue weighted by Crippen LogP contribution is -2.43. The van der Waals surface area contributed by atoms with Gasteiger partial charge < -0.3 is 14.4 Å². The van der Waals surface area contributed by atoms with Crippen LogP contribution >= 0.6 is 0 Å². The minimum Gasteiger partial charge on any atom is -0.491 e. The first-order chi connectivity index (χ1) is 15.3. The maximum atomic E-state index is 12.5. The third kappa shape index (κ3) is 4.59. The third-order valence-corrected chi connectivity index (χ3v) is 6.65. The zero-order valence-corrected chi connectivity index (χ0v) is 19.6. The summed E-state index contributed by atoms with van der Waals surface area (Å²) in [5.74, 6) is 0.710. The van der Waals surface area contributed by atoms with E-state index in [9.17, 15) is 9.90 Å². The highest BCUT2D eigenvalue weighted by Crippen LogP contribution is 2.32. The monoisotopic (exact) mass is 434 g/mol. The fourth-order valence-electron chi connectivity index (χ4n) is 4.90. The SMILES string of the molecule is CC(=O)c1c(C)n(-c2ccc(C)cc2)c2ccc(OC[C@@H](O)CN3CCCC[C@H]3C)cc12. The Kier molecular flexibility index (Phi) is 6.68. The quantitative estimate of drug-likeness (QED) is 0.528. The largest absolute Gasteiger partial charge is 0.491 e. The standard InChI is InChI=1S/C27H34N2O3/c1-18-8-10-22(11-9-18)29-20(3)27(21(4)30)25-15-24(12-13-26(25)29)32-17-23(31)16-28-14-6-5-7-19(28)2/h8-13,15,19,23,31H,5-7,14,16-17H2,1-4H3/t19-,23+/m1/s1. The summed E-state index contributed by atoms with van der Waals surface area (Å²) in [6.45, 7) is 9.80. The van der Waals surface area contributed by atoms with Crippen LogP contribution < -0.4 is 4.74 Å². The van der Waals surface area contributed by atoms with Crippen LogP contribution in [0.1, 0.15) is 54.7 Å². The molecule has 170 valence electrons. The summed E-state index contributed by atoms with van der Waals surface area (Å²) in [5, 5.41) is 11.4. The maximum Gasteiger partial charge on any atom is 0.162 e. The van der Waals surface area contributed by atoms with Gasteiger partial charge in [0, 0.05) is 34.9 Å². The summed E-state index contributed by atoms with van der Waals surface area (Å²) < 4.78 is 8.09. The molecule has 5 heteroatoms. The minimum atomic E-state index is -0.544. The number of carbonyl (C=O) groups is 1. The number of ketones is 1. The number of piperidine rings is 1. The first-order valence-electron chi connectivity index (χ1n) is 11.6. The average molecular weight is 435 g/mol. The topological polar surface area (TPSA) is 54.7 Å². The molecule has 1 aromatic heterocycles. The van der Waals surface area contributed by atoms with E-state index in [0.717, 1.165) is 28.8 Å². The van der Waals surface area contributed by atoms with Gasteiger partial charge in [0.2, 0.25) is 0 Å². The van der Waals surface area contributed by atoms with Crippen molar-refractivity contribution in [2.75, 3.05) is 19.7 Å². The van der Waals surface area contributed by atoms with Crippen molar-refractivity contribution >= 4 is 16.7 Å². The molecule has 0 saturated carbocycles. The average Bonchev–Trinajstić information content (AvgIpc) is 3.06. The number of β-amino-alcohol motifs (C(OH)–C–C–N with tert-alkyl or cyclic N) is 1. The van der Waals surface area contributed by atoms with Crippen LogP contribution in [-0.2, 0) is 0 Å². The van der Waals surface area contributed by atoms with Crippen LogP contribution in [0.15, 0.2) is 42.5 Å². The van der Waals surface area contributed by atoms with Gasteiger partial charge in [-0.25, -0.2) is 0 Å². The summed E-state index contributed by atoms with van der Waals surface area (Å²) in [5.41, 5.74) is 4.85. The number of hydrogen-bond acceptors (Lipinski definition) is 4. The van der Waals surface area contributed by atoms with Crippen molar-refractivity contribution in [2.45, 2.75) is 59.1 Å². The Balaban J connectivity index is 1.57. The van der Waals surface area contributed by atoms with Gasteiger partial charge in [-0.1, -0.05) is 24.1 Å². The number of rotatable bonds is 7. The van der Waals surface area contributed by atoms with Crippen LogP contribution in [0.25, 0.3) is 16.6 Å². The Morgan fingerprint density at radius 1 is 1.16 bits per heavy atom. The second-order valence-electron chi connectivity index (χ2n) is 9.17. The molecule has 1 saturated heterocycles. The lowest BCUT2D eigenvalue weighted by atomic mass is 10.0. The molecule has 0 radical (unpaired) electrons.